The summed E-state index contributed by atoms with van der Waals surface area (Å²) in [7, 11) is 9.95. The number of rotatable bonds is 11. The average molecular weight is 1420 g/mol. The van der Waals surface area contributed by atoms with E-state index in [1.54, 1.807) is 25.7 Å². The first kappa shape index (κ1) is 81.7. The molecular weight excluding hydrogens is 1310 g/mol. The third-order valence-corrected chi connectivity index (χ3v) is 22.7. The molecule has 560 valence electrons. The molecule has 0 aromatic carbocycles. The molecule has 0 radical (unpaired) electrons. The Morgan fingerprint density at radius 2 is 1.18 bits per heavy atom. The zero-order chi connectivity index (χ0) is 73.5. The quantitative estimate of drug-likeness (QED) is 0.203. The fraction of sp³-hybridized carbons (Fsp3) is 0.831. The second kappa shape index (κ2) is 36.5. The van der Waals surface area contributed by atoms with Gasteiger partial charge in [0.1, 0.15) is 47.8 Å². The lowest BCUT2D eigenvalue weighted by Crippen LogP contribution is -2.66. The van der Waals surface area contributed by atoms with Gasteiger partial charge < -0.3 is 60.0 Å². The first-order valence-corrected chi connectivity index (χ1v) is 37.0. The molecule has 6 rings (SSSR count). The van der Waals surface area contributed by atoms with Gasteiger partial charge in [0.2, 0.25) is 70.9 Å². The molecule has 3 saturated carbocycles. The molecule has 6 fully saturated rings. The number of nitrogens with one attached hydrogen (secondary N) is 3. The van der Waals surface area contributed by atoms with E-state index in [9.17, 15) is 51.5 Å². The number of likely N-dealkylation sites (tertiary alicyclic amines) is 1. The van der Waals surface area contributed by atoms with Gasteiger partial charge in [-0.3, -0.25) is 57.5 Å². The van der Waals surface area contributed by atoms with Gasteiger partial charge in [0.15, 0.2) is 0 Å². The smallest absolute Gasteiger partial charge is 0.343 e. The molecule has 28 heteroatoms. The van der Waals surface area contributed by atoms with Crippen LogP contribution < -0.4 is 16.0 Å². The summed E-state index contributed by atoms with van der Waals surface area (Å²) in [5.74, 6) is -10.9. The summed E-state index contributed by atoms with van der Waals surface area (Å²) in [5.41, 5.74) is -1.58. The molecule has 3 aliphatic carbocycles. The van der Waals surface area contributed by atoms with Gasteiger partial charge in [-0.05, 0) is 119 Å². The molecular formula is C71H116ClF3N12O12. The monoisotopic (exact) mass is 1420 g/mol. The first-order valence-electron chi connectivity index (χ1n) is 36.5. The summed E-state index contributed by atoms with van der Waals surface area (Å²) in [6.07, 6.45) is 5.00. The highest BCUT2D eigenvalue weighted by atomic mass is 35.5. The van der Waals surface area contributed by atoms with Crippen LogP contribution in [0.2, 0.25) is 0 Å². The summed E-state index contributed by atoms with van der Waals surface area (Å²) in [5, 5.41) is 7.59. The van der Waals surface area contributed by atoms with E-state index in [2.05, 4.69) is 16.0 Å². The molecule has 12 amide bonds. The Balaban J connectivity index is 1.41. The van der Waals surface area contributed by atoms with Gasteiger partial charge in [0.25, 0.3) is 0 Å². The number of likely N-dealkylation sites (N-methyl/N-ethyl adjacent to an activating group) is 7. The molecule has 3 N–H and O–H groups in total. The van der Waals surface area contributed by atoms with Gasteiger partial charge in [-0.15, -0.1) is 11.6 Å². The minimum absolute atomic E-state index is 0.000793. The predicted octanol–water partition coefficient (Wildman–Crippen LogP) is 5.95. The third-order valence-electron chi connectivity index (χ3n) is 22.2. The standard InChI is InChI=1S/C71H116ClF3N12O12/c1-14-46(6)60-67(97)81(9)42-58(90)79(7)43-59(91)83(11)54(39-47-25-18-15-19-26-47)65(95)80(8)41-56(88)76-51(31-29-48-28-30-49(50(72)38-48)71(73,74)75)64(94)87-36-24-27-52(87)63(93)78-70(32-20-16-21-33-70)69(99)85(13)61(45(4)5)68(98)84(12)55(66(96)86-34-22-17-23-35-86)40-57(89)82(10)53(37-44(2)3)62(92)77-60/h44-55,60-61H,14-43H2,1-13H3,(H,76,88)(H,77,92)(H,78,93)/t46-,48?,49?,50?,51-,52-,53-,54-,55-,60-,61-/m0/s1. The van der Waals surface area contributed by atoms with Gasteiger partial charge in [-0.25, -0.2) is 0 Å². The summed E-state index contributed by atoms with van der Waals surface area (Å²) in [6.45, 7) is 10.0. The van der Waals surface area contributed by atoms with Crippen molar-refractivity contribution in [1.82, 2.24) is 60.0 Å². The highest BCUT2D eigenvalue weighted by molar-refractivity contribution is 6.21. The third kappa shape index (κ3) is 21.2. The minimum atomic E-state index is -4.51. The van der Waals surface area contributed by atoms with Gasteiger partial charge in [-0.1, -0.05) is 99.3 Å². The summed E-state index contributed by atoms with van der Waals surface area (Å²) in [4.78, 5) is 190. The van der Waals surface area contributed by atoms with E-state index in [4.69, 9.17) is 11.6 Å². The number of hydrogen-bond donors (Lipinski definition) is 3. The van der Waals surface area contributed by atoms with E-state index < -0.39 is 174 Å². The maximum Gasteiger partial charge on any atom is 0.393 e. The molecule has 3 saturated heterocycles. The molecule has 24 nitrogen and oxygen atoms in total. The van der Waals surface area contributed by atoms with Crippen LogP contribution >= 0.6 is 11.6 Å². The molecule has 11 atom stereocenters. The van der Waals surface area contributed by atoms with Crippen molar-refractivity contribution in [3.05, 3.63) is 0 Å². The maximum atomic E-state index is 15.6. The fourth-order valence-corrected chi connectivity index (χ4v) is 16.3. The van der Waals surface area contributed by atoms with E-state index in [-0.39, 0.29) is 88.5 Å². The fourth-order valence-electron chi connectivity index (χ4n) is 15.8. The second-order valence-corrected chi connectivity index (χ2v) is 31.0. The van der Waals surface area contributed by atoms with Crippen molar-refractivity contribution in [2.75, 3.05) is 88.6 Å². The Bertz CT molecular complexity index is 2850. The van der Waals surface area contributed by atoms with E-state index in [1.807, 2.05) is 20.8 Å². The maximum absolute atomic E-state index is 15.6. The van der Waals surface area contributed by atoms with E-state index in [1.165, 1.54) is 73.8 Å². The normalized spacial score (nSPS) is 29.4. The van der Waals surface area contributed by atoms with Crippen molar-refractivity contribution in [2.24, 2.45) is 35.5 Å². The minimum Gasteiger partial charge on any atom is -0.343 e. The van der Waals surface area contributed by atoms with Crippen LogP contribution in [0.1, 0.15) is 196 Å². The Morgan fingerprint density at radius 3 is 1.78 bits per heavy atom. The number of carbonyl (C=O) groups excluding carboxylic acids is 12. The van der Waals surface area contributed by atoms with Crippen LogP contribution in [0.15, 0.2) is 0 Å². The molecule has 0 bridgehead atoms. The molecule has 3 heterocycles. The van der Waals surface area contributed by atoms with Crippen molar-refractivity contribution in [3.8, 4) is 0 Å². The second-order valence-electron chi connectivity index (χ2n) is 30.4. The van der Waals surface area contributed by atoms with Crippen LogP contribution in [0.5, 0.6) is 0 Å². The molecule has 3 unspecified atom stereocenters. The van der Waals surface area contributed by atoms with E-state index in [0.717, 1.165) is 59.6 Å². The molecule has 0 aromatic heterocycles. The highest BCUT2D eigenvalue weighted by Gasteiger charge is 2.51. The number of carbonyl (C=O) groups is 12. The average Bonchev–Trinajstić information content (AvgIpc) is 1.73. The molecule has 6 aliphatic rings. The first-order chi connectivity index (χ1) is 46.5. The zero-order valence-corrected chi connectivity index (χ0v) is 62.0. The number of halogens is 4. The lowest BCUT2D eigenvalue weighted by molar-refractivity contribution is -0.182. The Kier molecular flexibility index (Phi) is 30.2. The van der Waals surface area contributed by atoms with Gasteiger partial charge in [0, 0.05) is 74.3 Å². The van der Waals surface area contributed by atoms with Crippen molar-refractivity contribution in [1.29, 1.82) is 0 Å². The van der Waals surface area contributed by atoms with Crippen molar-refractivity contribution in [3.63, 3.8) is 0 Å². The number of hydrogen-bond acceptors (Lipinski definition) is 12. The van der Waals surface area contributed by atoms with Crippen molar-refractivity contribution in [2.45, 2.75) is 255 Å². The van der Waals surface area contributed by atoms with Crippen LogP contribution in [0, 0.1) is 35.5 Å². The number of piperidine rings is 1. The van der Waals surface area contributed by atoms with Crippen molar-refractivity contribution >= 4 is 82.5 Å². The highest BCUT2D eigenvalue weighted by Crippen LogP contribution is 2.44. The SMILES string of the molecule is CC[C@H](C)[C@@H]1NC(=O)[C@H](CC(C)C)N(C)C(=O)C[C@@H](C(=O)N2CCCCC2)N(C)C(=O)[C@H](C(C)C)N(C)C(=O)C2(CCCCC2)NC(=O)[C@@H]2CCCN2C(=O)[C@H](CCC2CCC(C(F)(F)F)C(Cl)C2)NC(=O)CN(C)C(=O)[C@H](CC2CCCCC2)N(C)C(=O)CN(C)C(=O)CN(C)C1=O. The lowest BCUT2D eigenvalue weighted by atomic mass is 9.78. The Morgan fingerprint density at radius 1 is 0.586 bits per heavy atom. The molecule has 99 heavy (non-hydrogen) atoms. The summed E-state index contributed by atoms with van der Waals surface area (Å²) >= 11 is 6.40. The predicted molar refractivity (Wildman–Crippen MR) is 367 cm³/mol. The van der Waals surface area contributed by atoms with Crippen LogP contribution in [0.25, 0.3) is 0 Å². The molecule has 3 aliphatic heterocycles. The number of fused-ring (bicyclic) bond motifs is 1. The number of alkyl halides is 4. The Hall–Kier alpha value is -6.28. The van der Waals surface area contributed by atoms with Gasteiger partial charge in [0.05, 0.1) is 32.0 Å². The van der Waals surface area contributed by atoms with E-state index >= 15 is 19.2 Å². The van der Waals surface area contributed by atoms with Crippen LogP contribution in [0.4, 0.5) is 13.2 Å². The summed E-state index contributed by atoms with van der Waals surface area (Å²) in [6, 6.07) is -8.65. The topological polar surface area (TPSA) is 270 Å². The summed E-state index contributed by atoms with van der Waals surface area (Å²) < 4.78 is 42.0. The largest absolute Gasteiger partial charge is 0.393 e. The van der Waals surface area contributed by atoms with Gasteiger partial charge >= 0.3 is 6.18 Å². The zero-order valence-electron chi connectivity index (χ0n) is 61.2. The van der Waals surface area contributed by atoms with E-state index in [0.29, 0.717) is 51.6 Å². The van der Waals surface area contributed by atoms with Crippen LogP contribution in [-0.2, 0) is 57.5 Å². The number of nitrogens with zero attached hydrogens (tertiary/aromatic N) is 9. The van der Waals surface area contributed by atoms with Gasteiger partial charge in [-0.2, -0.15) is 13.2 Å². The molecule has 0 aromatic rings. The lowest BCUT2D eigenvalue weighted by Gasteiger charge is -2.44. The molecule has 1 spiro atoms. The van der Waals surface area contributed by atoms with Crippen LogP contribution in [0.3, 0.4) is 0 Å². The number of amides is 12. The van der Waals surface area contributed by atoms with Crippen molar-refractivity contribution < 1.29 is 70.7 Å². The Labute approximate surface area is 589 Å². The van der Waals surface area contributed by atoms with Crippen LogP contribution in [-0.4, -0.2) is 263 Å².